The van der Waals surface area contributed by atoms with Crippen LogP contribution in [0.1, 0.15) is 15.9 Å². The smallest absolute Gasteiger partial charge is 0.255 e. The fourth-order valence-corrected chi connectivity index (χ4v) is 3.81. The summed E-state index contributed by atoms with van der Waals surface area (Å²) in [5.74, 6) is 0.251. The topological polar surface area (TPSA) is 93.7 Å². The van der Waals surface area contributed by atoms with E-state index in [0.717, 1.165) is 5.56 Å². The Hall–Kier alpha value is -3.20. The number of hydrogen-bond acceptors (Lipinski definition) is 5. The minimum absolute atomic E-state index is 0.0259. The number of sulfonamides is 1. The van der Waals surface area contributed by atoms with Crippen molar-refractivity contribution < 1.29 is 22.7 Å². The summed E-state index contributed by atoms with van der Waals surface area (Å²) in [5, 5.41) is 2.75. The Morgan fingerprint density at radius 3 is 2.35 bits per heavy atom. The maximum absolute atomic E-state index is 12.6. The van der Waals surface area contributed by atoms with E-state index in [1.165, 1.54) is 12.1 Å². The predicted molar refractivity (Wildman–Crippen MR) is 119 cm³/mol. The average Bonchev–Trinajstić information content (AvgIpc) is 2.80. The normalized spacial score (nSPS) is 11.1. The average molecular weight is 441 g/mol. The van der Waals surface area contributed by atoms with Gasteiger partial charge in [-0.1, -0.05) is 36.4 Å². The third kappa shape index (κ3) is 6.65. The molecule has 0 radical (unpaired) electrons. The van der Waals surface area contributed by atoms with Crippen LogP contribution in [0.3, 0.4) is 0 Å². The summed E-state index contributed by atoms with van der Waals surface area (Å²) in [6.45, 7) is 1.08. The Morgan fingerprint density at radius 1 is 0.903 bits per heavy atom. The van der Waals surface area contributed by atoms with Gasteiger partial charge in [0.1, 0.15) is 12.4 Å². The Bertz CT molecular complexity index is 1100. The molecule has 0 saturated heterocycles. The van der Waals surface area contributed by atoms with Gasteiger partial charge in [0, 0.05) is 24.9 Å². The first-order valence-corrected chi connectivity index (χ1v) is 11.1. The standard InChI is InChI=1S/C23H24N2O5S/c1-29-14-15-30-21-12-10-20(11-13-21)25-23(26)19-8-5-9-22(16-19)31(27,28)24-17-18-6-3-2-4-7-18/h2-13,16,24H,14-15,17H2,1H3,(H,25,26). The lowest BCUT2D eigenvalue weighted by Crippen LogP contribution is -2.23. The van der Waals surface area contributed by atoms with Crippen LogP contribution in [-0.4, -0.2) is 34.6 Å². The lowest BCUT2D eigenvalue weighted by atomic mass is 10.2. The van der Waals surface area contributed by atoms with Gasteiger partial charge >= 0.3 is 0 Å². The van der Waals surface area contributed by atoms with Crippen molar-refractivity contribution in [3.8, 4) is 5.75 Å². The number of carbonyl (C=O) groups is 1. The summed E-state index contributed by atoms with van der Waals surface area (Å²) in [6, 6.07) is 22.0. The molecule has 3 aromatic rings. The van der Waals surface area contributed by atoms with E-state index in [1.54, 1.807) is 43.5 Å². The first-order chi connectivity index (χ1) is 15.0. The van der Waals surface area contributed by atoms with Crippen LogP contribution >= 0.6 is 0 Å². The molecule has 1 amide bonds. The van der Waals surface area contributed by atoms with Crippen molar-refractivity contribution in [3.63, 3.8) is 0 Å². The van der Waals surface area contributed by atoms with Crippen molar-refractivity contribution in [1.29, 1.82) is 0 Å². The lowest BCUT2D eigenvalue weighted by molar-refractivity contribution is 0.102. The number of methoxy groups -OCH3 is 1. The minimum atomic E-state index is -3.76. The van der Waals surface area contributed by atoms with Crippen molar-refractivity contribution >= 4 is 21.6 Å². The number of hydrogen-bond donors (Lipinski definition) is 2. The van der Waals surface area contributed by atoms with E-state index >= 15 is 0 Å². The van der Waals surface area contributed by atoms with E-state index in [0.29, 0.717) is 24.7 Å². The molecule has 3 rings (SSSR count). The zero-order chi connectivity index (χ0) is 22.1. The highest BCUT2D eigenvalue weighted by Crippen LogP contribution is 2.18. The summed E-state index contributed by atoms with van der Waals surface area (Å²) < 4.78 is 38.2. The van der Waals surface area contributed by atoms with Crippen molar-refractivity contribution in [3.05, 3.63) is 90.0 Å². The largest absolute Gasteiger partial charge is 0.491 e. The van der Waals surface area contributed by atoms with Gasteiger partial charge in [-0.3, -0.25) is 4.79 Å². The first-order valence-electron chi connectivity index (χ1n) is 9.65. The molecule has 2 N–H and O–H groups in total. The molecule has 0 saturated carbocycles. The molecule has 0 bridgehead atoms. The van der Waals surface area contributed by atoms with Crippen LogP contribution in [-0.2, 0) is 21.3 Å². The van der Waals surface area contributed by atoms with Gasteiger partial charge < -0.3 is 14.8 Å². The molecule has 0 fully saturated rings. The van der Waals surface area contributed by atoms with Crippen molar-refractivity contribution in [2.75, 3.05) is 25.6 Å². The molecule has 7 nitrogen and oxygen atoms in total. The maximum atomic E-state index is 12.6. The fourth-order valence-electron chi connectivity index (χ4n) is 2.74. The molecule has 0 heterocycles. The second-order valence-corrected chi connectivity index (χ2v) is 8.42. The highest BCUT2D eigenvalue weighted by molar-refractivity contribution is 7.89. The number of benzene rings is 3. The Kier molecular flexibility index (Phi) is 7.77. The Morgan fingerprint density at radius 2 is 1.65 bits per heavy atom. The number of carbonyl (C=O) groups excluding carboxylic acids is 1. The molecular formula is C23H24N2O5S. The van der Waals surface area contributed by atoms with Gasteiger partial charge in [-0.15, -0.1) is 0 Å². The monoisotopic (exact) mass is 440 g/mol. The van der Waals surface area contributed by atoms with Crippen molar-refractivity contribution in [1.82, 2.24) is 4.72 Å². The molecule has 0 atom stereocenters. The number of rotatable bonds is 10. The third-order valence-corrected chi connectivity index (χ3v) is 5.78. The summed E-state index contributed by atoms with van der Waals surface area (Å²) in [6.07, 6.45) is 0. The molecule has 0 aliphatic carbocycles. The van der Waals surface area contributed by atoms with E-state index in [2.05, 4.69) is 10.0 Å². The van der Waals surface area contributed by atoms with Gasteiger partial charge in [0.15, 0.2) is 0 Å². The SMILES string of the molecule is COCCOc1ccc(NC(=O)c2cccc(S(=O)(=O)NCc3ccccc3)c2)cc1. The molecule has 8 heteroatoms. The first kappa shape index (κ1) is 22.5. The second-order valence-electron chi connectivity index (χ2n) is 6.66. The van der Waals surface area contributed by atoms with E-state index in [1.807, 2.05) is 30.3 Å². The van der Waals surface area contributed by atoms with Crippen LogP contribution in [0.15, 0.2) is 83.8 Å². The van der Waals surface area contributed by atoms with Gasteiger partial charge in [-0.2, -0.15) is 0 Å². The Labute approximate surface area is 182 Å². The van der Waals surface area contributed by atoms with E-state index < -0.39 is 15.9 Å². The molecule has 0 aliphatic rings. The molecule has 0 unspecified atom stereocenters. The minimum Gasteiger partial charge on any atom is -0.491 e. The summed E-state index contributed by atoms with van der Waals surface area (Å²) >= 11 is 0. The second kappa shape index (κ2) is 10.7. The van der Waals surface area contributed by atoms with Crippen LogP contribution < -0.4 is 14.8 Å². The summed E-state index contributed by atoms with van der Waals surface area (Å²) in [5.41, 5.74) is 1.65. The number of nitrogens with one attached hydrogen (secondary N) is 2. The zero-order valence-corrected chi connectivity index (χ0v) is 17.9. The van der Waals surface area contributed by atoms with Crippen LogP contribution in [0.2, 0.25) is 0 Å². The van der Waals surface area contributed by atoms with Crippen molar-refractivity contribution in [2.24, 2.45) is 0 Å². The molecule has 0 spiro atoms. The molecule has 0 aliphatic heterocycles. The quantitative estimate of drug-likeness (QED) is 0.471. The van der Waals surface area contributed by atoms with Gasteiger partial charge in [0.2, 0.25) is 10.0 Å². The maximum Gasteiger partial charge on any atom is 0.255 e. The van der Waals surface area contributed by atoms with Gasteiger partial charge in [0.05, 0.1) is 11.5 Å². The summed E-state index contributed by atoms with van der Waals surface area (Å²) in [7, 11) is -2.16. The number of anilines is 1. The van der Waals surface area contributed by atoms with Crippen LogP contribution in [0, 0.1) is 0 Å². The van der Waals surface area contributed by atoms with E-state index in [4.69, 9.17) is 9.47 Å². The fraction of sp³-hybridized carbons (Fsp3) is 0.174. The van der Waals surface area contributed by atoms with Gasteiger partial charge in [0.25, 0.3) is 5.91 Å². The molecule has 3 aromatic carbocycles. The molecular weight excluding hydrogens is 416 g/mol. The number of ether oxygens (including phenoxy) is 2. The van der Waals surface area contributed by atoms with Crippen LogP contribution in [0.5, 0.6) is 5.75 Å². The molecule has 31 heavy (non-hydrogen) atoms. The zero-order valence-electron chi connectivity index (χ0n) is 17.1. The number of amides is 1. The lowest BCUT2D eigenvalue weighted by Gasteiger charge is -2.10. The van der Waals surface area contributed by atoms with Gasteiger partial charge in [-0.05, 0) is 48.0 Å². The summed E-state index contributed by atoms with van der Waals surface area (Å²) in [4.78, 5) is 12.6. The highest BCUT2D eigenvalue weighted by atomic mass is 32.2. The molecule has 0 aromatic heterocycles. The van der Waals surface area contributed by atoms with Crippen LogP contribution in [0.25, 0.3) is 0 Å². The van der Waals surface area contributed by atoms with Crippen molar-refractivity contribution in [2.45, 2.75) is 11.4 Å². The third-order valence-electron chi connectivity index (χ3n) is 4.38. The van der Waals surface area contributed by atoms with E-state index in [-0.39, 0.29) is 17.0 Å². The highest BCUT2D eigenvalue weighted by Gasteiger charge is 2.16. The van der Waals surface area contributed by atoms with Gasteiger partial charge in [-0.25, -0.2) is 13.1 Å². The van der Waals surface area contributed by atoms with E-state index in [9.17, 15) is 13.2 Å². The predicted octanol–water partition coefficient (Wildman–Crippen LogP) is 3.44. The molecule has 162 valence electrons. The Balaban J connectivity index is 1.64. The van der Waals surface area contributed by atoms with Crippen LogP contribution in [0.4, 0.5) is 5.69 Å².